The molecule has 2 fully saturated rings. The van der Waals surface area contributed by atoms with E-state index in [2.05, 4.69) is 15.1 Å². The Bertz CT molecular complexity index is 805. The number of aromatic nitrogens is 1. The number of amides is 2. The number of carbonyl (C=O) groups is 2. The standard InChI is InChI=1S/C27H44N6O4/c34-20-22-4-10-32(11-5-22)26(36)18-30-14-8-28-9-15-31(17-25-3-1-2-24(16-30)29-25)19-27(37)33-12-6-23(21-35)7-13-33/h1-3,22-23,28,34-35H,4-21H2. The summed E-state index contributed by atoms with van der Waals surface area (Å²) in [5, 5.41) is 22.2. The average Bonchev–Trinajstić information content (AvgIpc) is 2.92. The van der Waals surface area contributed by atoms with Crippen molar-refractivity contribution in [1.82, 2.24) is 29.9 Å². The van der Waals surface area contributed by atoms with E-state index in [1.807, 2.05) is 28.0 Å². The summed E-state index contributed by atoms with van der Waals surface area (Å²) in [7, 11) is 0. The van der Waals surface area contributed by atoms with Crippen molar-refractivity contribution >= 4 is 11.8 Å². The molecule has 0 spiro atoms. The Morgan fingerprint density at radius 3 is 1.59 bits per heavy atom. The number of piperidine rings is 2. The second-order valence-electron chi connectivity index (χ2n) is 10.8. The van der Waals surface area contributed by atoms with Crippen LogP contribution in [0, 0.1) is 11.8 Å². The van der Waals surface area contributed by atoms with Gasteiger partial charge >= 0.3 is 0 Å². The molecule has 3 aliphatic rings. The summed E-state index contributed by atoms with van der Waals surface area (Å²) in [6.07, 6.45) is 3.47. The molecule has 2 saturated heterocycles. The first-order chi connectivity index (χ1) is 18.0. The highest BCUT2D eigenvalue weighted by atomic mass is 16.3. The minimum Gasteiger partial charge on any atom is -0.396 e. The normalized spacial score (nSPS) is 21.9. The van der Waals surface area contributed by atoms with Gasteiger partial charge in [0.25, 0.3) is 0 Å². The molecule has 0 aliphatic carbocycles. The number of pyridine rings is 1. The minimum absolute atomic E-state index is 0.146. The zero-order valence-electron chi connectivity index (χ0n) is 22.1. The van der Waals surface area contributed by atoms with Gasteiger partial charge in [-0.25, -0.2) is 0 Å². The van der Waals surface area contributed by atoms with Crippen molar-refractivity contribution < 1.29 is 19.8 Å². The molecule has 206 valence electrons. The van der Waals surface area contributed by atoms with Gasteiger partial charge in [0, 0.05) is 78.7 Å². The van der Waals surface area contributed by atoms with Gasteiger partial charge in [-0.05, 0) is 49.7 Å². The summed E-state index contributed by atoms with van der Waals surface area (Å²) >= 11 is 0. The molecule has 1 aromatic rings. The van der Waals surface area contributed by atoms with E-state index in [0.717, 1.165) is 89.4 Å². The van der Waals surface area contributed by atoms with E-state index in [1.54, 1.807) is 0 Å². The van der Waals surface area contributed by atoms with Gasteiger partial charge in [-0.2, -0.15) is 0 Å². The van der Waals surface area contributed by atoms with Gasteiger partial charge in [0.05, 0.1) is 24.5 Å². The van der Waals surface area contributed by atoms with Gasteiger partial charge in [-0.15, -0.1) is 0 Å². The van der Waals surface area contributed by atoms with Crippen LogP contribution in [0.3, 0.4) is 0 Å². The molecule has 4 rings (SSSR count). The SMILES string of the molecule is O=C(CN1CCNCCN(CC(=O)N2CCC(CO)CC2)Cc2cccc(n2)C1)N1CCC(CO)CC1. The van der Waals surface area contributed by atoms with Crippen LogP contribution < -0.4 is 5.32 Å². The Kier molecular flexibility index (Phi) is 10.7. The third-order valence-electron chi connectivity index (χ3n) is 8.01. The number of hydrogen-bond acceptors (Lipinski definition) is 8. The number of aliphatic hydroxyl groups excluding tert-OH is 2. The van der Waals surface area contributed by atoms with E-state index in [-0.39, 0.29) is 25.0 Å². The van der Waals surface area contributed by atoms with Crippen molar-refractivity contribution in [2.75, 3.05) is 78.7 Å². The van der Waals surface area contributed by atoms with Crippen molar-refractivity contribution in [3.05, 3.63) is 29.6 Å². The van der Waals surface area contributed by atoms with Crippen LogP contribution in [-0.2, 0) is 22.7 Å². The van der Waals surface area contributed by atoms with Crippen LogP contribution in [-0.4, -0.2) is 125 Å². The molecule has 0 radical (unpaired) electrons. The van der Waals surface area contributed by atoms with Crippen LogP contribution in [0.5, 0.6) is 0 Å². The fourth-order valence-electron chi connectivity index (χ4n) is 5.50. The largest absolute Gasteiger partial charge is 0.396 e. The second kappa shape index (κ2) is 14.2. The van der Waals surface area contributed by atoms with E-state index in [0.29, 0.717) is 38.0 Å². The molecule has 4 heterocycles. The average molecular weight is 517 g/mol. The highest BCUT2D eigenvalue weighted by Gasteiger charge is 2.25. The Balaban J connectivity index is 1.34. The highest BCUT2D eigenvalue weighted by molar-refractivity contribution is 5.78. The van der Waals surface area contributed by atoms with Gasteiger partial charge in [0.1, 0.15) is 0 Å². The van der Waals surface area contributed by atoms with Crippen molar-refractivity contribution in [2.45, 2.75) is 38.8 Å². The van der Waals surface area contributed by atoms with Crippen LogP contribution in [0.2, 0.25) is 0 Å². The van der Waals surface area contributed by atoms with Crippen molar-refractivity contribution in [2.24, 2.45) is 11.8 Å². The predicted molar refractivity (Wildman–Crippen MR) is 140 cm³/mol. The van der Waals surface area contributed by atoms with Gasteiger partial charge in [-0.1, -0.05) is 6.07 Å². The molecule has 3 aliphatic heterocycles. The first-order valence-corrected chi connectivity index (χ1v) is 13.9. The number of nitrogens with zero attached hydrogens (tertiary/aromatic N) is 5. The lowest BCUT2D eigenvalue weighted by Gasteiger charge is -2.33. The summed E-state index contributed by atoms with van der Waals surface area (Å²) in [5.41, 5.74) is 1.87. The third-order valence-corrected chi connectivity index (χ3v) is 8.01. The molecule has 0 saturated carbocycles. The van der Waals surface area contributed by atoms with E-state index in [4.69, 9.17) is 4.98 Å². The van der Waals surface area contributed by atoms with Crippen LogP contribution >= 0.6 is 0 Å². The first kappa shape index (κ1) is 27.9. The molecule has 0 unspecified atom stereocenters. The molecule has 2 amide bonds. The number of aliphatic hydroxyl groups is 2. The maximum absolute atomic E-state index is 13.0. The van der Waals surface area contributed by atoms with Gasteiger partial charge in [0.15, 0.2) is 0 Å². The predicted octanol–water partition coefficient (Wildman–Crippen LogP) is -0.249. The van der Waals surface area contributed by atoms with Gasteiger partial charge in [-0.3, -0.25) is 24.4 Å². The molecule has 10 heteroatoms. The summed E-state index contributed by atoms with van der Waals surface area (Å²) < 4.78 is 0. The fraction of sp³-hybridized carbons (Fsp3) is 0.741. The van der Waals surface area contributed by atoms with Gasteiger partial charge < -0.3 is 25.3 Å². The molecule has 37 heavy (non-hydrogen) atoms. The fourth-order valence-corrected chi connectivity index (χ4v) is 5.50. The number of carbonyl (C=O) groups excluding carboxylic acids is 2. The number of nitrogens with one attached hydrogen (secondary N) is 1. The maximum Gasteiger partial charge on any atom is 0.236 e. The monoisotopic (exact) mass is 516 g/mol. The van der Waals surface area contributed by atoms with E-state index in [1.165, 1.54) is 0 Å². The second-order valence-corrected chi connectivity index (χ2v) is 10.8. The van der Waals surface area contributed by atoms with E-state index < -0.39 is 0 Å². The maximum atomic E-state index is 13.0. The Morgan fingerprint density at radius 2 is 1.19 bits per heavy atom. The Hall–Kier alpha value is -2.11. The number of likely N-dealkylation sites (tertiary alicyclic amines) is 2. The molecule has 10 nitrogen and oxygen atoms in total. The van der Waals surface area contributed by atoms with Crippen LogP contribution in [0.25, 0.3) is 0 Å². The van der Waals surface area contributed by atoms with Crippen molar-refractivity contribution in [1.29, 1.82) is 0 Å². The van der Waals surface area contributed by atoms with Crippen molar-refractivity contribution in [3.8, 4) is 0 Å². The first-order valence-electron chi connectivity index (χ1n) is 13.9. The Labute approximate surface area is 220 Å². The van der Waals surface area contributed by atoms with Gasteiger partial charge in [0.2, 0.25) is 11.8 Å². The smallest absolute Gasteiger partial charge is 0.236 e. The lowest BCUT2D eigenvalue weighted by molar-refractivity contribution is -0.134. The molecule has 1 aromatic heterocycles. The van der Waals surface area contributed by atoms with Crippen molar-refractivity contribution in [3.63, 3.8) is 0 Å². The summed E-state index contributed by atoms with van der Waals surface area (Å²) in [6.45, 7) is 8.23. The lowest BCUT2D eigenvalue weighted by atomic mass is 9.98. The lowest BCUT2D eigenvalue weighted by Crippen LogP contribution is -2.47. The number of hydrogen-bond donors (Lipinski definition) is 3. The van der Waals surface area contributed by atoms with Crippen LogP contribution in [0.15, 0.2) is 18.2 Å². The summed E-state index contributed by atoms with van der Waals surface area (Å²) in [6, 6.07) is 6.03. The summed E-state index contributed by atoms with van der Waals surface area (Å²) in [5.74, 6) is 0.921. The minimum atomic E-state index is 0.146. The number of fused-ring (bicyclic) bond motifs is 2. The topological polar surface area (TPSA) is 112 Å². The zero-order chi connectivity index (χ0) is 26.0. The Morgan fingerprint density at radius 1 is 0.757 bits per heavy atom. The molecule has 2 bridgehead atoms. The molecular formula is C27H44N6O4. The molecule has 0 aromatic carbocycles. The van der Waals surface area contributed by atoms with E-state index in [9.17, 15) is 19.8 Å². The van der Waals surface area contributed by atoms with Crippen LogP contribution in [0.1, 0.15) is 37.1 Å². The molecular weight excluding hydrogens is 472 g/mol. The summed E-state index contributed by atoms with van der Waals surface area (Å²) in [4.78, 5) is 39.1. The zero-order valence-corrected chi connectivity index (χ0v) is 22.1. The molecule has 3 N–H and O–H groups in total. The highest BCUT2D eigenvalue weighted by Crippen LogP contribution is 2.18. The number of rotatable bonds is 6. The quantitative estimate of drug-likeness (QED) is 0.475. The third kappa shape index (κ3) is 8.44. The van der Waals surface area contributed by atoms with Crippen LogP contribution in [0.4, 0.5) is 0 Å². The van der Waals surface area contributed by atoms with E-state index >= 15 is 0 Å². The molecule has 0 atom stereocenters.